The van der Waals surface area contributed by atoms with Gasteiger partial charge < -0.3 is 15.0 Å². The van der Waals surface area contributed by atoms with Crippen molar-refractivity contribution >= 4 is 17.5 Å². The Morgan fingerprint density at radius 3 is 2.77 bits per heavy atom. The van der Waals surface area contributed by atoms with Crippen LogP contribution in [0, 0.1) is 0 Å². The van der Waals surface area contributed by atoms with E-state index in [0.717, 1.165) is 36.5 Å². The molecule has 1 aromatic heterocycles. The van der Waals surface area contributed by atoms with Gasteiger partial charge >= 0.3 is 0 Å². The number of anilines is 3. The van der Waals surface area contributed by atoms with E-state index in [0.29, 0.717) is 12.5 Å². The molecule has 26 heavy (non-hydrogen) atoms. The molecular formula is C21H22N4O. The first-order chi connectivity index (χ1) is 12.8. The second-order valence-corrected chi connectivity index (χ2v) is 6.32. The molecule has 0 bridgehead atoms. The number of methoxy groups -OCH3 is 1. The number of para-hydroxylation sites is 1. The summed E-state index contributed by atoms with van der Waals surface area (Å²) in [7, 11) is 1.67. The fourth-order valence-electron chi connectivity index (χ4n) is 3.28. The zero-order chi connectivity index (χ0) is 17.8. The van der Waals surface area contributed by atoms with Gasteiger partial charge in [-0.2, -0.15) is 4.98 Å². The van der Waals surface area contributed by atoms with Crippen LogP contribution in [0.5, 0.6) is 5.75 Å². The molecule has 0 saturated carbocycles. The molecule has 0 aliphatic carbocycles. The number of aryl methyl sites for hydroxylation is 1. The molecule has 2 aromatic carbocycles. The van der Waals surface area contributed by atoms with Crippen molar-refractivity contribution in [1.82, 2.24) is 9.97 Å². The summed E-state index contributed by atoms with van der Waals surface area (Å²) in [5.41, 5.74) is 3.78. The van der Waals surface area contributed by atoms with E-state index in [4.69, 9.17) is 9.72 Å². The van der Waals surface area contributed by atoms with Crippen molar-refractivity contribution in [2.75, 3.05) is 23.9 Å². The van der Waals surface area contributed by atoms with Crippen LogP contribution in [0.1, 0.15) is 17.5 Å². The summed E-state index contributed by atoms with van der Waals surface area (Å²) in [4.78, 5) is 11.4. The largest absolute Gasteiger partial charge is 0.497 e. The minimum Gasteiger partial charge on any atom is -0.497 e. The molecule has 4 rings (SSSR count). The Balaban J connectivity index is 1.50. The molecule has 0 saturated heterocycles. The number of hydrogen-bond donors (Lipinski definition) is 1. The lowest BCUT2D eigenvalue weighted by Gasteiger charge is -2.30. The highest BCUT2D eigenvalue weighted by Gasteiger charge is 2.18. The Bertz CT molecular complexity index is 879. The van der Waals surface area contributed by atoms with Gasteiger partial charge in [0.15, 0.2) is 0 Å². The van der Waals surface area contributed by atoms with E-state index in [1.807, 2.05) is 36.5 Å². The molecule has 1 aliphatic rings. The van der Waals surface area contributed by atoms with Crippen molar-refractivity contribution in [3.63, 3.8) is 0 Å². The smallest absolute Gasteiger partial charge is 0.224 e. The third-order valence-corrected chi connectivity index (χ3v) is 4.64. The number of nitrogens with zero attached hydrogens (tertiary/aromatic N) is 3. The lowest BCUT2D eigenvalue weighted by molar-refractivity contribution is 0.414. The van der Waals surface area contributed by atoms with Crippen LogP contribution in [-0.2, 0) is 13.0 Å². The Morgan fingerprint density at radius 2 is 1.92 bits per heavy atom. The summed E-state index contributed by atoms with van der Waals surface area (Å²) in [6.45, 7) is 1.65. The fraction of sp³-hybridized carbons (Fsp3) is 0.238. The minimum absolute atomic E-state index is 0.640. The second-order valence-electron chi connectivity index (χ2n) is 6.32. The van der Waals surface area contributed by atoms with Crippen molar-refractivity contribution in [3.8, 4) is 5.75 Å². The number of fused-ring (bicyclic) bond motifs is 1. The Morgan fingerprint density at radius 1 is 1.08 bits per heavy atom. The molecule has 0 unspecified atom stereocenters. The highest BCUT2D eigenvalue weighted by atomic mass is 16.5. The molecule has 2 heterocycles. The van der Waals surface area contributed by atoms with Gasteiger partial charge in [-0.1, -0.05) is 30.3 Å². The van der Waals surface area contributed by atoms with Crippen molar-refractivity contribution in [2.45, 2.75) is 19.4 Å². The molecule has 132 valence electrons. The maximum absolute atomic E-state index is 5.19. The molecule has 0 atom stereocenters. The number of hydrogen-bond acceptors (Lipinski definition) is 5. The zero-order valence-corrected chi connectivity index (χ0v) is 14.9. The molecule has 0 amide bonds. The number of aromatic nitrogens is 2. The van der Waals surface area contributed by atoms with E-state index in [9.17, 15) is 0 Å². The fourth-order valence-corrected chi connectivity index (χ4v) is 3.28. The van der Waals surface area contributed by atoms with Crippen molar-refractivity contribution < 1.29 is 4.74 Å². The van der Waals surface area contributed by atoms with Gasteiger partial charge in [-0.05, 0) is 48.2 Å². The van der Waals surface area contributed by atoms with Gasteiger partial charge in [0.25, 0.3) is 0 Å². The van der Waals surface area contributed by atoms with E-state index in [1.165, 1.54) is 11.3 Å². The third-order valence-electron chi connectivity index (χ3n) is 4.64. The van der Waals surface area contributed by atoms with Crippen molar-refractivity contribution in [2.24, 2.45) is 0 Å². The normalized spacial score (nSPS) is 13.2. The summed E-state index contributed by atoms with van der Waals surface area (Å²) in [5.74, 6) is 2.43. The maximum Gasteiger partial charge on any atom is 0.224 e. The van der Waals surface area contributed by atoms with Crippen LogP contribution < -0.4 is 15.0 Å². The van der Waals surface area contributed by atoms with Gasteiger partial charge in [-0.25, -0.2) is 4.98 Å². The Labute approximate surface area is 153 Å². The molecule has 5 nitrogen and oxygen atoms in total. The number of rotatable bonds is 5. The quantitative estimate of drug-likeness (QED) is 0.751. The van der Waals surface area contributed by atoms with E-state index < -0.39 is 0 Å². The lowest BCUT2D eigenvalue weighted by Crippen LogP contribution is -2.25. The summed E-state index contributed by atoms with van der Waals surface area (Å²) in [6.07, 6.45) is 4.08. The van der Waals surface area contributed by atoms with Crippen LogP contribution >= 0.6 is 0 Å². The average molecular weight is 346 g/mol. The van der Waals surface area contributed by atoms with Gasteiger partial charge in [0.05, 0.1) is 7.11 Å². The van der Waals surface area contributed by atoms with Crippen LogP contribution in [-0.4, -0.2) is 23.6 Å². The summed E-state index contributed by atoms with van der Waals surface area (Å²) >= 11 is 0. The molecule has 1 aliphatic heterocycles. The first-order valence-electron chi connectivity index (χ1n) is 8.89. The average Bonchev–Trinajstić information content (AvgIpc) is 2.72. The Kier molecular flexibility index (Phi) is 4.69. The molecule has 0 radical (unpaired) electrons. The summed E-state index contributed by atoms with van der Waals surface area (Å²) in [6, 6.07) is 18.5. The van der Waals surface area contributed by atoms with Gasteiger partial charge in [0, 0.05) is 25.0 Å². The monoisotopic (exact) mass is 346 g/mol. The summed E-state index contributed by atoms with van der Waals surface area (Å²) < 4.78 is 5.19. The molecule has 5 heteroatoms. The molecule has 0 fully saturated rings. The van der Waals surface area contributed by atoms with Gasteiger partial charge in [-0.3, -0.25) is 0 Å². The predicted octanol–water partition coefficient (Wildman–Crippen LogP) is 4.18. The lowest BCUT2D eigenvalue weighted by atomic mass is 10.0. The number of benzene rings is 2. The topological polar surface area (TPSA) is 50.3 Å². The first kappa shape index (κ1) is 16.4. The standard InChI is InChI=1S/C21H22N4O/c1-26-18-10-8-16(9-11-18)15-23-21-22-13-12-20(24-21)25-14-4-6-17-5-2-3-7-19(17)25/h2-3,5,7-13H,4,6,14-15H2,1H3,(H,22,23,24). The number of ether oxygens (including phenoxy) is 1. The zero-order valence-electron chi connectivity index (χ0n) is 14.9. The molecule has 0 spiro atoms. The number of nitrogens with one attached hydrogen (secondary N) is 1. The van der Waals surface area contributed by atoms with E-state index in [-0.39, 0.29) is 0 Å². The van der Waals surface area contributed by atoms with E-state index in [2.05, 4.69) is 39.5 Å². The molecular weight excluding hydrogens is 324 g/mol. The molecule has 1 N–H and O–H groups in total. The highest BCUT2D eigenvalue weighted by molar-refractivity contribution is 5.65. The van der Waals surface area contributed by atoms with E-state index >= 15 is 0 Å². The van der Waals surface area contributed by atoms with Crippen LogP contribution in [0.15, 0.2) is 60.8 Å². The minimum atomic E-state index is 0.640. The van der Waals surface area contributed by atoms with Gasteiger partial charge in [0.1, 0.15) is 11.6 Å². The van der Waals surface area contributed by atoms with Gasteiger partial charge in [-0.15, -0.1) is 0 Å². The predicted molar refractivity (Wildman–Crippen MR) is 104 cm³/mol. The van der Waals surface area contributed by atoms with Crippen LogP contribution in [0.2, 0.25) is 0 Å². The first-order valence-corrected chi connectivity index (χ1v) is 8.89. The van der Waals surface area contributed by atoms with Crippen molar-refractivity contribution in [1.29, 1.82) is 0 Å². The van der Waals surface area contributed by atoms with Crippen LogP contribution in [0.25, 0.3) is 0 Å². The maximum atomic E-state index is 5.19. The SMILES string of the molecule is COc1ccc(CNc2nccc(N3CCCc4ccccc43)n2)cc1. The molecule has 3 aromatic rings. The second kappa shape index (κ2) is 7.44. The van der Waals surface area contributed by atoms with Crippen LogP contribution in [0.3, 0.4) is 0 Å². The highest BCUT2D eigenvalue weighted by Crippen LogP contribution is 2.32. The van der Waals surface area contributed by atoms with E-state index in [1.54, 1.807) is 7.11 Å². The Hall–Kier alpha value is -3.08. The van der Waals surface area contributed by atoms with Crippen LogP contribution in [0.4, 0.5) is 17.5 Å². The third kappa shape index (κ3) is 3.47. The van der Waals surface area contributed by atoms with Crippen molar-refractivity contribution in [3.05, 3.63) is 71.9 Å². The van der Waals surface area contributed by atoms with Gasteiger partial charge in [0.2, 0.25) is 5.95 Å². The summed E-state index contributed by atoms with van der Waals surface area (Å²) in [5, 5.41) is 3.31.